The van der Waals surface area contributed by atoms with Crippen LogP contribution in [0, 0.1) is 11.3 Å². The first kappa shape index (κ1) is 16.6. The lowest BCUT2D eigenvalue weighted by Crippen LogP contribution is -2.14. The summed E-state index contributed by atoms with van der Waals surface area (Å²) in [5.74, 6) is 0.130. The molecule has 1 heterocycles. The molecular weight excluding hydrogens is 382 g/mol. The normalized spacial score (nSPS) is 9.92. The van der Waals surface area contributed by atoms with Crippen LogP contribution >= 0.6 is 15.9 Å². The molecule has 1 aromatic heterocycles. The van der Waals surface area contributed by atoms with Gasteiger partial charge in [-0.2, -0.15) is 5.26 Å². The van der Waals surface area contributed by atoms with Crippen LogP contribution in [-0.2, 0) is 0 Å². The Morgan fingerprint density at radius 1 is 1.08 bits per heavy atom. The van der Waals surface area contributed by atoms with E-state index in [1.807, 2.05) is 30.3 Å². The Labute approximate surface area is 152 Å². The van der Waals surface area contributed by atoms with Crippen molar-refractivity contribution < 1.29 is 4.79 Å². The minimum absolute atomic E-state index is 0.181. The van der Waals surface area contributed by atoms with Crippen LogP contribution in [0.4, 0.5) is 17.2 Å². The third-order valence-corrected chi connectivity index (χ3v) is 3.96. The molecule has 6 nitrogen and oxygen atoms in total. The van der Waals surface area contributed by atoms with Crippen LogP contribution in [0.15, 0.2) is 65.4 Å². The number of aromatic nitrogens is 2. The third-order valence-electron chi connectivity index (χ3n) is 3.27. The summed E-state index contributed by atoms with van der Waals surface area (Å²) in [4.78, 5) is 20.5. The summed E-state index contributed by atoms with van der Waals surface area (Å²) >= 11 is 3.44. The maximum atomic E-state index is 12.2. The number of halogens is 1. The Bertz CT molecular complexity index is 950. The average Bonchev–Trinajstić information content (AvgIpc) is 2.64. The van der Waals surface area contributed by atoms with Crippen LogP contribution in [0.3, 0.4) is 0 Å². The van der Waals surface area contributed by atoms with Crippen LogP contribution in [0.2, 0.25) is 0 Å². The van der Waals surface area contributed by atoms with Gasteiger partial charge in [0.15, 0.2) is 0 Å². The Balaban J connectivity index is 1.70. The zero-order valence-corrected chi connectivity index (χ0v) is 14.5. The molecule has 0 aliphatic rings. The van der Waals surface area contributed by atoms with E-state index >= 15 is 0 Å². The number of carbonyl (C=O) groups is 1. The number of rotatable bonds is 4. The lowest BCUT2D eigenvalue weighted by atomic mass is 10.2. The molecule has 0 bridgehead atoms. The molecule has 0 unspecified atom stereocenters. The molecule has 0 spiro atoms. The van der Waals surface area contributed by atoms with Gasteiger partial charge >= 0.3 is 0 Å². The number of nitrogens with one attached hydrogen (secondary N) is 2. The first-order valence-electron chi connectivity index (χ1n) is 7.31. The molecule has 0 atom stereocenters. The molecule has 2 N–H and O–H groups in total. The number of benzene rings is 2. The van der Waals surface area contributed by atoms with Gasteiger partial charge in [0.05, 0.1) is 29.7 Å². The van der Waals surface area contributed by atoms with Crippen LogP contribution in [0.1, 0.15) is 16.1 Å². The Hall–Kier alpha value is -3.24. The van der Waals surface area contributed by atoms with Gasteiger partial charge in [0.2, 0.25) is 0 Å². The number of hydrogen-bond acceptors (Lipinski definition) is 5. The molecule has 3 rings (SSSR count). The summed E-state index contributed by atoms with van der Waals surface area (Å²) in [5.41, 5.74) is 2.03. The van der Waals surface area contributed by atoms with E-state index in [0.717, 1.165) is 10.2 Å². The van der Waals surface area contributed by atoms with Crippen molar-refractivity contribution in [2.75, 3.05) is 10.6 Å². The molecule has 0 saturated heterocycles. The van der Waals surface area contributed by atoms with Gasteiger partial charge in [0, 0.05) is 10.2 Å². The summed E-state index contributed by atoms with van der Waals surface area (Å²) in [6.45, 7) is 0. The fourth-order valence-corrected chi connectivity index (χ4v) is 2.46. The molecule has 0 aliphatic heterocycles. The maximum absolute atomic E-state index is 12.2. The van der Waals surface area contributed by atoms with Gasteiger partial charge in [-0.25, -0.2) is 9.97 Å². The van der Waals surface area contributed by atoms with E-state index in [0.29, 0.717) is 17.1 Å². The van der Waals surface area contributed by atoms with Crippen molar-refractivity contribution in [3.05, 3.63) is 76.7 Å². The Kier molecular flexibility index (Phi) is 5.02. The van der Waals surface area contributed by atoms with Crippen molar-refractivity contribution in [3.8, 4) is 6.07 Å². The number of para-hydroxylation sites is 1. The van der Waals surface area contributed by atoms with Gasteiger partial charge in [-0.1, -0.05) is 18.2 Å². The second-order valence-corrected chi connectivity index (χ2v) is 5.89. The van der Waals surface area contributed by atoms with E-state index in [9.17, 15) is 4.79 Å². The maximum Gasteiger partial charge on any atom is 0.275 e. The van der Waals surface area contributed by atoms with Crippen LogP contribution in [0.5, 0.6) is 0 Å². The molecule has 0 fully saturated rings. The van der Waals surface area contributed by atoms with Crippen LogP contribution in [-0.4, -0.2) is 15.9 Å². The first-order chi connectivity index (χ1) is 12.2. The fourth-order valence-electron chi connectivity index (χ4n) is 2.07. The Morgan fingerprint density at radius 3 is 2.64 bits per heavy atom. The quantitative estimate of drug-likeness (QED) is 0.695. The second kappa shape index (κ2) is 7.55. The molecule has 3 aromatic rings. The summed E-state index contributed by atoms with van der Waals surface area (Å²) in [7, 11) is 0. The van der Waals surface area contributed by atoms with E-state index < -0.39 is 5.91 Å². The highest BCUT2D eigenvalue weighted by atomic mass is 79.9. The van der Waals surface area contributed by atoms with Gasteiger partial charge in [0.25, 0.3) is 5.91 Å². The van der Waals surface area contributed by atoms with E-state index in [1.165, 1.54) is 12.4 Å². The van der Waals surface area contributed by atoms with Crippen molar-refractivity contribution in [2.45, 2.75) is 0 Å². The zero-order valence-electron chi connectivity index (χ0n) is 12.9. The van der Waals surface area contributed by atoms with Crippen molar-refractivity contribution in [1.29, 1.82) is 5.26 Å². The third kappa shape index (κ3) is 4.19. The number of nitrogens with zero attached hydrogens (tertiary/aromatic N) is 3. The summed E-state index contributed by atoms with van der Waals surface area (Å²) in [5, 5.41) is 14.7. The second-order valence-electron chi connectivity index (χ2n) is 5.04. The molecule has 0 radical (unpaired) electrons. The standard InChI is InChI=1S/C18H12BrN5O/c19-14-6-1-2-7-15(14)24-17-11-21-16(10-22-17)18(25)23-13-5-3-4-12(8-13)9-20/h1-8,10-11H,(H,22,24)(H,23,25). The lowest BCUT2D eigenvalue weighted by Gasteiger charge is -2.08. The van der Waals surface area contributed by atoms with Gasteiger partial charge in [-0.15, -0.1) is 0 Å². The number of amides is 1. The summed E-state index contributed by atoms with van der Waals surface area (Å²) in [6, 6.07) is 16.3. The van der Waals surface area contributed by atoms with Gasteiger partial charge in [0.1, 0.15) is 11.5 Å². The van der Waals surface area contributed by atoms with E-state index in [-0.39, 0.29) is 5.69 Å². The highest BCUT2D eigenvalue weighted by Gasteiger charge is 2.09. The monoisotopic (exact) mass is 393 g/mol. The van der Waals surface area contributed by atoms with Gasteiger partial charge in [-0.05, 0) is 46.3 Å². The van der Waals surface area contributed by atoms with Gasteiger partial charge < -0.3 is 10.6 Å². The van der Waals surface area contributed by atoms with Crippen molar-refractivity contribution in [1.82, 2.24) is 9.97 Å². The van der Waals surface area contributed by atoms with Crippen LogP contribution in [0.25, 0.3) is 0 Å². The van der Waals surface area contributed by atoms with Gasteiger partial charge in [-0.3, -0.25) is 4.79 Å². The summed E-state index contributed by atoms with van der Waals surface area (Å²) in [6.07, 6.45) is 2.88. The predicted molar refractivity (Wildman–Crippen MR) is 98.6 cm³/mol. The molecule has 2 aromatic carbocycles. The van der Waals surface area contributed by atoms with Crippen molar-refractivity contribution in [3.63, 3.8) is 0 Å². The minimum Gasteiger partial charge on any atom is -0.338 e. The number of nitriles is 1. The molecule has 0 saturated carbocycles. The van der Waals surface area contributed by atoms with Crippen LogP contribution < -0.4 is 10.6 Å². The first-order valence-corrected chi connectivity index (χ1v) is 8.10. The Morgan fingerprint density at radius 2 is 1.92 bits per heavy atom. The smallest absolute Gasteiger partial charge is 0.275 e. The molecular formula is C18H12BrN5O. The largest absolute Gasteiger partial charge is 0.338 e. The highest BCUT2D eigenvalue weighted by Crippen LogP contribution is 2.24. The van der Waals surface area contributed by atoms with Crippen molar-refractivity contribution >= 4 is 39.0 Å². The van der Waals surface area contributed by atoms with E-state index in [1.54, 1.807) is 24.3 Å². The SMILES string of the molecule is N#Cc1cccc(NC(=O)c2cnc(Nc3ccccc3Br)cn2)c1. The predicted octanol–water partition coefficient (Wildman–Crippen LogP) is 4.11. The molecule has 25 heavy (non-hydrogen) atoms. The van der Waals surface area contributed by atoms with E-state index in [4.69, 9.17) is 5.26 Å². The molecule has 122 valence electrons. The zero-order chi connectivity index (χ0) is 17.6. The number of anilines is 3. The van der Waals surface area contributed by atoms with Crippen molar-refractivity contribution in [2.24, 2.45) is 0 Å². The minimum atomic E-state index is -0.393. The average molecular weight is 394 g/mol. The topological polar surface area (TPSA) is 90.7 Å². The number of hydrogen-bond donors (Lipinski definition) is 2. The molecule has 0 aliphatic carbocycles. The lowest BCUT2D eigenvalue weighted by molar-refractivity contribution is 0.102. The molecule has 1 amide bonds. The summed E-state index contributed by atoms with van der Waals surface area (Å²) < 4.78 is 0.899. The molecule has 7 heteroatoms. The highest BCUT2D eigenvalue weighted by molar-refractivity contribution is 9.10. The fraction of sp³-hybridized carbons (Fsp3) is 0. The van der Waals surface area contributed by atoms with E-state index in [2.05, 4.69) is 36.5 Å². The number of carbonyl (C=O) groups excluding carboxylic acids is 1.